The molecule has 0 N–H and O–H groups in total. The maximum Gasteiger partial charge on any atom is 0.408 e. The Morgan fingerprint density at radius 2 is 1.92 bits per heavy atom. The van der Waals surface area contributed by atoms with Crippen LogP contribution in [-0.2, 0) is 0 Å². The lowest BCUT2D eigenvalue weighted by Gasteiger charge is -2.19. The van der Waals surface area contributed by atoms with Crippen molar-refractivity contribution >= 4 is 11.0 Å². The molecule has 5 aromatic rings. The zero-order chi connectivity index (χ0) is 25.0. The maximum atomic E-state index is 13.4. The first-order valence-corrected chi connectivity index (χ1v) is 11.5. The zero-order valence-electron chi connectivity index (χ0n) is 19.1. The Kier molecular flexibility index (Phi) is 5.06. The number of alkyl halides is 3. The van der Waals surface area contributed by atoms with Gasteiger partial charge in [0.25, 0.3) is 0 Å². The van der Waals surface area contributed by atoms with Crippen LogP contribution in [0.15, 0.2) is 76.8 Å². The third kappa shape index (κ3) is 3.88. The van der Waals surface area contributed by atoms with Gasteiger partial charge in [0.15, 0.2) is 5.82 Å². The lowest BCUT2D eigenvalue weighted by molar-refractivity contribution is -0.162. The Balaban J connectivity index is 1.40. The highest BCUT2D eigenvalue weighted by atomic mass is 19.4. The zero-order valence-corrected chi connectivity index (χ0v) is 19.1. The summed E-state index contributed by atoms with van der Waals surface area (Å²) in [7, 11) is 0. The van der Waals surface area contributed by atoms with Crippen LogP contribution in [0.3, 0.4) is 0 Å². The molecule has 0 aliphatic heterocycles. The first-order valence-electron chi connectivity index (χ1n) is 11.5. The fraction of sp³-hybridized carbons (Fsp3) is 0.231. The van der Waals surface area contributed by atoms with Crippen LogP contribution in [0.2, 0.25) is 0 Å². The molecular formula is C26H20F3N5O2. The molecule has 6 rings (SSSR count). The molecule has 182 valence electrons. The number of halogens is 3. The van der Waals surface area contributed by atoms with Crippen molar-refractivity contribution in [3.8, 4) is 28.5 Å². The minimum Gasteiger partial charge on any atom is -0.463 e. The number of hydrogen-bond acceptors (Lipinski definition) is 5. The molecule has 1 aromatic carbocycles. The Hall–Kier alpha value is -4.21. The summed E-state index contributed by atoms with van der Waals surface area (Å²) in [5.41, 5.74) is 2.63. The summed E-state index contributed by atoms with van der Waals surface area (Å²) in [6.45, 7) is 1.05. The molecular weight excluding hydrogens is 471 g/mol. The van der Waals surface area contributed by atoms with Crippen molar-refractivity contribution < 1.29 is 17.6 Å². The van der Waals surface area contributed by atoms with Crippen molar-refractivity contribution in [1.82, 2.24) is 24.1 Å². The number of nitrogens with zero attached hydrogens (tertiary/aromatic N) is 5. The van der Waals surface area contributed by atoms with Crippen LogP contribution in [0.4, 0.5) is 13.2 Å². The van der Waals surface area contributed by atoms with Gasteiger partial charge in [0.05, 0.1) is 28.7 Å². The van der Waals surface area contributed by atoms with Gasteiger partial charge in [-0.25, -0.2) is 15.0 Å². The topological polar surface area (TPSA) is 78.7 Å². The third-order valence-corrected chi connectivity index (χ3v) is 6.47. The van der Waals surface area contributed by atoms with Gasteiger partial charge in [-0.15, -0.1) is 0 Å². The first kappa shape index (κ1) is 22.3. The van der Waals surface area contributed by atoms with Crippen molar-refractivity contribution in [2.24, 2.45) is 0 Å². The van der Waals surface area contributed by atoms with Crippen molar-refractivity contribution in [2.45, 2.75) is 37.9 Å². The molecule has 1 aliphatic rings. The van der Waals surface area contributed by atoms with E-state index in [1.807, 2.05) is 16.8 Å². The number of fused-ring (bicyclic) bond motifs is 1. The lowest BCUT2D eigenvalue weighted by atomic mass is 10.1. The van der Waals surface area contributed by atoms with Crippen LogP contribution in [0.25, 0.3) is 39.4 Å². The van der Waals surface area contributed by atoms with Crippen LogP contribution >= 0.6 is 0 Å². The summed E-state index contributed by atoms with van der Waals surface area (Å²) in [5.74, 6) is 0.567. The van der Waals surface area contributed by atoms with Crippen LogP contribution in [0.5, 0.6) is 0 Å². The van der Waals surface area contributed by atoms with Gasteiger partial charge in [0, 0.05) is 30.2 Å². The molecule has 7 nitrogen and oxygen atoms in total. The van der Waals surface area contributed by atoms with Gasteiger partial charge in [0.1, 0.15) is 23.6 Å². The predicted octanol–water partition coefficient (Wildman–Crippen LogP) is 5.90. The SMILES string of the molecule is CC(n1ccnc1-c1cccc(-c2coc3ccc(-n4cnc(C5CC5)c4)cc3c2=O)n1)C(F)(F)F. The molecule has 1 saturated carbocycles. The summed E-state index contributed by atoms with van der Waals surface area (Å²) in [6.07, 6.45) is 5.42. The van der Waals surface area contributed by atoms with E-state index in [0.717, 1.165) is 35.7 Å². The lowest BCUT2D eigenvalue weighted by Crippen LogP contribution is -2.24. The Labute approximate surface area is 202 Å². The number of benzene rings is 1. The highest BCUT2D eigenvalue weighted by Crippen LogP contribution is 2.39. The van der Waals surface area contributed by atoms with Crippen LogP contribution in [0, 0.1) is 0 Å². The number of rotatable bonds is 5. The Morgan fingerprint density at radius 1 is 1.11 bits per heavy atom. The van der Waals surface area contributed by atoms with Gasteiger partial charge in [-0.1, -0.05) is 6.07 Å². The summed E-state index contributed by atoms with van der Waals surface area (Å²) in [5, 5.41) is 0.367. The number of hydrogen-bond donors (Lipinski definition) is 0. The van der Waals surface area contributed by atoms with Crippen LogP contribution < -0.4 is 5.43 Å². The molecule has 1 fully saturated rings. The van der Waals surface area contributed by atoms with E-state index in [4.69, 9.17) is 4.42 Å². The van der Waals surface area contributed by atoms with Crippen molar-refractivity contribution in [3.63, 3.8) is 0 Å². The van der Waals surface area contributed by atoms with Crippen LogP contribution in [0.1, 0.15) is 37.4 Å². The van der Waals surface area contributed by atoms with Crippen LogP contribution in [-0.4, -0.2) is 30.3 Å². The van der Waals surface area contributed by atoms with Crippen molar-refractivity contribution in [3.05, 3.63) is 83.5 Å². The second-order valence-corrected chi connectivity index (χ2v) is 8.92. The minimum absolute atomic E-state index is 0.0562. The maximum absolute atomic E-state index is 13.4. The van der Waals surface area contributed by atoms with Gasteiger partial charge in [0.2, 0.25) is 5.43 Å². The first-order chi connectivity index (χ1) is 17.3. The smallest absolute Gasteiger partial charge is 0.408 e. The molecule has 0 saturated heterocycles. The molecule has 36 heavy (non-hydrogen) atoms. The fourth-order valence-corrected chi connectivity index (χ4v) is 4.22. The summed E-state index contributed by atoms with van der Waals surface area (Å²) < 4.78 is 48.6. The standard InChI is InChI=1S/C26H20F3N5O2/c1-15(26(27,28)29)34-10-9-30-25(34)21-4-2-3-20(32-21)19-13-36-23-8-7-17(11-18(23)24(19)35)33-12-22(31-14-33)16-5-6-16/h2-4,7-16H,5-6H2,1H3. The van der Waals surface area contributed by atoms with E-state index in [-0.39, 0.29) is 28.2 Å². The molecule has 1 unspecified atom stereocenters. The highest BCUT2D eigenvalue weighted by molar-refractivity contribution is 5.83. The van der Waals surface area contributed by atoms with E-state index in [1.54, 1.807) is 36.7 Å². The van der Waals surface area contributed by atoms with E-state index in [9.17, 15) is 18.0 Å². The van der Waals surface area contributed by atoms with E-state index >= 15 is 0 Å². The van der Waals surface area contributed by atoms with Gasteiger partial charge in [-0.05, 0) is 50.1 Å². The average molecular weight is 491 g/mol. The number of pyridine rings is 1. The number of imidazole rings is 2. The molecule has 4 heterocycles. The second kappa shape index (κ2) is 8.18. The minimum atomic E-state index is -4.45. The Bertz CT molecular complexity index is 1650. The largest absolute Gasteiger partial charge is 0.463 e. The number of aromatic nitrogens is 5. The summed E-state index contributed by atoms with van der Waals surface area (Å²) in [4.78, 5) is 26.5. The predicted molar refractivity (Wildman–Crippen MR) is 127 cm³/mol. The van der Waals surface area contributed by atoms with Gasteiger partial charge < -0.3 is 13.6 Å². The molecule has 0 amide bonds. The molecule has 0 spiro atoms. The molecule has 0 radical (unpaired) electrons. The molecule has 4 aromatic heterocycles. The third-order valence-electron chi connectivity index (χ3n) is 6.47. The van der Waals surface area contributed by atoms with E-state index in [0.29, 0.717) is 16.9 Å². The van der Waals surface area contributed by atoms with E-state index in [2.05, 4.69) is 15.0 Å². The molecule has 0 bridgehead atoms. The average Bonchev–Trinajstić information content (AvgIpc) is 3.39. The van der Waals surface area contributed by atoms with Gasteiger partial charge in [-0.3, -0.25) is 4.79 Å². The monoisotopic (exact) mass is 491 g/mol. The highest BCUT2D eigenvalue weighted by Gasteiger charge is 2.38. The van der Waals surface area contributed by atoms with E-state index < -0.39 is 12.2 Å². The Morgan fingerprint density at radius 3 is 2.69 bits per heavy atom. The molecule has 1 aliphatic carbocycles. The van der Waals surface area contributed by atoms with Gasteiger partial charge >= 0.3 is 6.18 Å². The second-order valence-electron chi connectivity index (χ2n) is 8.92. The van der Waals surface area contributed by atoms with E-state index in [1.165, 1.54) is 18.7 Å². The quantitative estimate of drug-likeness (QED) is 0.306. The normalized spacial score (nSPS) is 14.9. The molecule has 1 atom stereocenters. The molecule has 10 heteroatoms. The van der Waals surface area contributed by atoms with Gasteiger partial charge in [-0.2, -0.15) is 13.2 Å². The summed E-state index contributed by atoms with van der Waals surface area (Å²) in [6, 6.07) is 8.33. The van der Waals surface area contributed by atoms with Crippen molar-refractivity contribution in [2.75, 3.05) is 0 Å². The fourth-order valence-electron chi connectivity index (χ4n) is 4.22. The summed E-state index contributed by atoms with van der Waals surface area (Å²) >= 11 is 0. The van der Waals surface area contributed by atoms with Crippen molar-refractivity contribution in [1.29, 1.82) is 0 Å².